The van der Waals surface area contributed by atoms with Gasteiger partial charge in [-0.05, 0) is 18.2 Å². The molecule has 0 N–H and O–H groups in total. The Labute approximate surface area is 89.5 Å². The van der Waals surface area contributed by atoms with Gasteiger partial charge in [-0.25, -0.2) is 0 Å². The van der Waals surface area contributed by atoms with E-state index in [1.807, 2.05) is 12.1 Å². The first-order valence-corrected chi connectivity index (χ1v) is 5.26. The third-order valence-corrected chi connectivity index (χ3v) is 3.36. The minimum absolute atomic E-state index is 0.669. The highest BCUT2D eigenvalue weighted by Gasteiger charge is 2.04. The summed E-state index contributed by atoms with van der Waals surface area (Å²) in [5.74, 6) is 0. The van der Waals surface area contributed by atoms with Gasteiger partial charge in [0.05, 0.1) is 9.23 Å². The van der Waals surface area contributed by atoms with Crippen LogP contribution in [0.25, 0.3) is 10.1 Å². The molecule has 0 saturated heterocycles. The van der Waals surface area contributed by atoms with E-state index in [1.54, 1.807) is 17.4 Å². The highest BCUT2D eigenvalue weighted by Crippen LogP contribution is 2.35. The summed E-state index contributed by atoms with van der Waals surface area (Å²) < 4.78 is 2.03. The normalized spacial score (nSPS) is 10.9. The number of rotatable bonds is 0. The van der Waals surface area contributed by atoms with E-state index in [4.69, 9.17) is 23.2 Å². The standard InChI is InChI=1S/C8H4Cl2S2/c9-4-1-6(10)5-3-8(11)12-7(5)2-4/h1-3,11H. The minimum atomic E-state index is 0.669. The van der Waals surface area contributed by atoms with Crippen LogP contribution in [-0.2, 0) is 0 Å². The van der Waals surface area contributed by atoms with Crippen LogP contribution < -0.4 is 0 Å². The highest BCUT2D eigenvalue weighted by molar-refractivity contribution is 7.83. The molecule has 0 fully saturated rings. The predicted octanol–water partition coefficient (Wildman–Crippen LogP) is 4.50. The molecule has 4 heteroatoms. The Hall–Kier alpha value is 0.110. The molecule has 0 amide bonds. The molecule has 1 heterocycles. The van der Waals surface area contributed by atoms with E-state index in [1.165, 1.54) is 0 Å². The lowest BCUT2D eigenvalue weighted by Gasteiger charge is -1.93. The molecule has 1 aromatic carbocycles. The molecule has 0 bridgehead atoms. The topological polar surface area (TPSA) is 0 Å². The average Bonchev–Trinajstić information content (AvgIpc) is 2.29. The van der Waals surface area contributed by atoms with Crippen molar-refractivity contribution in [3.8, 4) is 0 Å². The van der Waals surface area contributed by atoms with Crippen molar-refractivity contribution in [1.29, 1.82) is 0 Å². The maximum atomic E-state index is 5.96. The predicted molar refractivity (Wildman–Crippen MR) is 59.1 cm³/mol. The van der Waals surface area contributed by atoms with E-state index >= 15 is 0 Å². The summed E-state index contributed by atoms with van der Waals surface area (Å²) in [6.45, 7) is 0. The summed E-state index contributed by atoms with van der Waals surface area (Å²) in [6, 6.07) is 5.58. The summed E-state index contributed by atoms with van der Waals surface area (Å²) in [4.78, 5) is 0. The van der Waals surface area contributed by atoms with E-state index in [0.29, 0.717) is 10.0 Å². The minimum Gasteiger partial charge on any atom is -0.133 e. The Morgan fingerprint density at radius 2 is 1.92 bits per heavy atom. The summed E-state index contributed by atoms with van der Waals surface area (Å²) in [7, 11) is 0. The fourth-order valence-corrected chi connectivity index (χ4v) is 3.01. The van der Waals surface area contributed by atoms with Gasteiger partial charge in [-0.15, -0.1) is 24.0 Å². The van der Waals surface area contributed by atoms with Crippen molar-refractivity contribution in [1.82, 2.24) is 0 Å². The molecule has 12 heavy (non-hydrogen) atoms. The number of hydrogen-bond donors (Lipinski definition) is 1. The molecule has 0 aliphatic carbocycles. The van der Waals surface area contributed by atoms with Gasteiger partial charge in [0.15, 0.2) is 0 Å². The SMILES string of the molecule is Sc1cc2c(Cl)cc(Cl)cc2s1. The van der Waals surface area contributed by atoms with Gasteiger partial charge in [0.2, 0.25) is 0 Å². The second-order valence-corrected chi connectivity index (χ2v) is 5.10. The van der Waals surface area contributed by atoms with Crippen LogP contribution in [0.1, 0.15) is 0 Å². The second kappa shape index (κ2) is 3.11. The van der Waals surface area contributed by atoms with Gasteiger partial charge in [0, 0.05) is 15.1 Å². The van der Waals surface area contributed by atoms with E-state index in [2.05, 4.69) is 12.6 Å². The van der Waals surface area contributed by atoms with E-state index in [-0.39, 0.29) is 0 Å². The Balaban J connectivity index is 2.88. The lowest BCUT2D eigenvalue weighted by atomic mass is 10.3. The number of thiol groups is 1. The van der Waals surface area contributed by atoms with Crippen LogP contribution in [0, 0.1) is 0 Å². The molecule has 1 aromatic heterocycles. The van der Waals surface area contributed by atoms with E-state index in [9.17, 15) is 0 Å². The quantitative estimate of drug-likeness (QED) is 0.638. The van der Waals surface area contributed by atoms with E-state index < -0.39 is 0 Å². The number of hydrogen-bond acceptors (Lipinski definition) is 2. The smallest absolute Gasteiger partial charge is 0.0581 e. The van der Waals surface area contributed by atoms with Crippen molar-refractivity contribution in [3.05, 3.63) is 28.2 Å². The Bertz CT molecular complexity index is 434. The summed E-state index contributed by atoms with van der Waals surface area (Å²) in [5.41, 5.74) is 0. The van der Waals surface area contributed by atoms with Gasteiger partial charge in [0.25, 0.3) is 0 Å². The molecule has 2 rings (SSSR count). The molecule has 0 aliphatic heterocycles. The molecule has 0 spiro atoms. The van der Waals surface area contributed by atoms with Crippen LogP contribution in [0.5, 0.6) is 0 Å². The zero-order valence-corrected chi connectivity index (χ0v) is 9.07. The van der Waals surface area contributed by atoms with Gasteiger partial charge >= 0.3 is 0 Å². The van der Waals surface area contributed by atoms with Crippen LogP contribution in [-0.4, -0.2) is 0 Å². The lowest BCUT2D eigenvalue weighted by Crippen LogP contribution is -1.66. The Morgan fingerprint density at radius 1 is 1.17 bits per heavy atom. The molecule has 0 aliphatic rings. The molecule has 0 nitrogen and oxygen atoms in total. The van der Waals surface area contributed by atoms with Gasteiger partial charge < -0.3 is 0 Å². The van der Waals surface area contributed by atoms with Crippen LogP contribution in [0.15, 0.2) is 22.4 Å². The molecular formula is C8H4Cl2S2. The summed E-state index contributed by atoms with van der Waals surface area (Å²) >= 11 is 17.6. The number of fused-ring (bicyclic) bond motifs is 1. The summed E-state index contributed by atoms with van der Waals surface area (Å²) in [5, 5.41) is 2.38. The van der Waals surface area contributed by atoms with Gasteiger partial charge in [0.1, 0.15) is 0 Å². The van der Waals surface area contributed by atoms with Gasteiger partial charge in [-0.3, -0.25) is 0 Å². The largest absolute Gasteiger partial charge is 0.133 e. The number of thiophene rings is 1. The van der Waals surface area contributed by atoms with Gasteiger partial charge in [-0.1, -0.05) is 23.2 Å². The Kier molecular flexibility index (Phi) is 2.25. The molecule has 62 valence electrons. The summed E-state index contributed by atoms with van der Waals surface area (Å²) in [6.07, 6.45) is 0. The third kappa shape index (κ3) is 1.44. The number of halogens is 2. The molecule has 2 aromatic rings. The van der Waals surface area contributed by atoms with Crippen LogP contribution in [0.3, 0.4) is 0 Å². The third-order valence-electron chi connectivity index (χ3n) is 1.54. The van der Waals surface area contributed by atoms with Crippen molar-refractivity contribution in [2.75, 3.05) is 0 Å². The van der Waals surface area contributed by atoms with Crippen LogP contribution in [0.4, 0.5) is 0 Å². The molecule has 0 saturated carbocycles. The lowest BCUT2D eigenvalue weighted by molar-refractivity contribution is 1.77. The van der Waals surface area contributed by atoms with Crippen molar-refractivity contribution in [2.45, 2.75) is 4.21 Å². The molecular weight excluding hydrogens is 231 g/mol. The maximum absolute atomic E-state index is 5.96. The van der Waals surface area contributed by atoms with Crippen molar-refractivity contribution in [3.63, 3.8) is 0 Å². The molecule has 0 unspecified atom stereocenters. The highest BCUT2D eigenvalue weighted by atomic mass is 35.5. The molecule has 0 atom stereocenters. The Morgan fingerprint density at radius 3 is 2.67 bits per heavy atom. The zero-order chi connectivity index (χ0) is 8.72. The monoisotopic (exact) mass is 234 g/mol. The van der Waals surface area contributed by atoms with Crippen molar-refractivity contribution >= 4 is 57.3 Å². The average molecular weight is 235 g/mol. The zero-order valence-electron chi connectivity index (χ0n) is 5.84. The first-order chi connectivity index (χ1) is 5.66. The first-order valence-electron chi connectivity index (χ1n) is 3.24. The van der Waals surface area contributed by atoms with Gasteiger partial charge in [-0.2, -0.15) is 0 Å². The molecule has 0 radical (unpaired) electrons. The fraction of sp³-hybridized carbons (Fsp3) is 0. The van der Waals surface area contributed by atoms with Crippen LogP contribution >= 0.6 is 47.2 Å². The van der Waals surface area contributed by atoms with Crippen LogP contribution in [0.2, 0.25) is 10.0 Å². The fourth-order valence-electron chi connectivity index (χ4n) is 1.05. The second-order valence-electron chi connectivity index (χ2n) is 2.38. The number of benzene rings is 1. The first kappa shape index (κ1) is 8.70. The van der Waals surface area contributed by atoms with Crippen molar-refractivity contribution < 1.29 is 0 Å². The maximum Gasteiger partial charge on any atom is 0.0581 e. The van der Waals surface area contributed by atoms with Crippen molar-refractivity contribution in [2.24, 2.45) is 0 Å². The van der Waals surface area contributed by atoms with E-state index in [0.717, 1.165) is 14.3 Å².